The number of nitrogens with zero attached hydrogens (tertiary/aromatic N) is 2. The topological polar surface area (TPSA) is 71.5 Å². The van der Waals surface area contributed by atoms with Gasteiger partial charge in [-0.15, -0.1) is 11.3 Å². The molecule has 1 unspecified atom stereocenters. The molecule has 2 aromatic heterocycles. The third-order valence-electron chi connectivity index (χ3n) is 3.54. The van der Waals surface area contributed by atoms with Crippen LogP contribution in [-0.4, -0.2) is 36.6 Å². The van der Waals surface area contributed by atoms with E-state index in [1.165, 1.54) is 30.6 Å². The van der Waals surface area contributed by atoms with Gasteiger partial charge in [-0.25, -0.2) is 9.78 Å². The van der Waals surface area contributed by atoms with Gasteiger partial charge in [0.25, 0.3) is 0 Å². The van der Waals surface area contributed by atoms with Crippen molar-refractivity contribution in [3.05, 3.63) is 41.2 Å². The predicted molar refractivity (Wildman–Crippen MR) is 84.2 cm³/mol. The Kier molecular flexibility index (Phi) is 4.24. The molecule has 0 bridgehead atoms. The predicted octanol–water partition coefficient (Wildman–Crippen LogP) is 2.29. The third-order valence-corrected chi connectivity index (χ3v) is 4.47. The largest absolute Gasteiger partial charge is 0.465 e. The lowest BCUT2D eigenvalue weighted by Gasteiger charge is -2.17. The molecule has 2 aromatic rings. The minimum absolute atomic E-state index is 0.177. The number of hydrogen-bond acceptors (Lipinski definition) is 6. The number of ether oxygens (including phenoxy) is 1. The zero-order valence-electron chi connectivity index (χ0n) is 12.3. The molecule has 0 aromatic carbocycles. The van der Waals surface area contributed by atoms with Crippen LogP contribution in [0.5, 0.6) is 0 Å². The molecular formula is C15H14FN3O3S. The van der Waals surface area contributed by atoms with E-state index in [9.17, 15) is 14.0 Å². The molecule has 0 spiro atoms. The number of aromatic nitrogens is 1. The molecule has 0 radical (unpaired) electrons. The van der Waals surface area contributed by atoms with Crippen molar-refractivity contribution in [2.45, 2.75) is 12.5 Å². The van der Waals surface area contributed by atoms with E-state index >= 15 is 0 Å². The molecule has 1 N–H and O–H groups in total. The molecule has 1 aliphatic heterocycles. The van der Waals surface area contributed by atoms with E-state index in [2.05, 4.69) is 10.3 Å². The molecule has 0 saturated carbocycles. The molecule has 120 valence electrons. The summed E-state index contributed by atoms with van der Waals surface area (Å²) < 4.78 is 17.9. The summed E-state index contributed by atoms with van der Waals surface area (Å²) in [6.45, 7) is 0.469. The highest BCUT2D eigenvalue weighted by atomic mass is 32.1. The Hall–Kier alpha value is -2.48. The van der Waals surface area contributed by atoms with Crippen LogP contribution in [-0.2, 0) is 9.53 Å². The van der Waals surface area contributed by atoms with Crippen molar-refractivity contribution in [1.29, 1.82) is 0 Å². The van der Waals surface area contributed by atoms with Crippen LogP contribution < -0.4 is 10.2 Å². The van der Waals surface area contributed by atoms with Gasteiger partial charge in [0.1, 0.15) is 16.9 Å². The Morgan fingerprint density at radius 1 is 1.48 bits per heavy atom. The SMILES string of the molecule is COC(=O)c1ccsc1N1CCC(Nc2cccc(F)n2)C1=O. The summed E-state index contributed by atoms with van der Waals surface area (Å²) in [6, 6.07) is 5.49. The van der Waals surface area contributed by atoms with E-state index < -0.39 is 18.0 Å². The number of anilines is 2. The third kappa shape index (κ3) is 3.02. The van der Waals surface area contributed by atoms with E-state index in [-0.39, 0.29) is 5.91 Å². The van der Waals surface area contributed by atoms with E-state index in [4.69, 9.17) is 4.74 Å². The fraction of sp³-hybridized carbons (Fsp3) is 0.267. The van der Waals surface area contributed by atoms with Crippen LogP contribution in [0.4, 0.5) is 15.2 Å². The van der Waals surface area contributed by atoms with Crippen molar-refractivity contribution in [3.63, 3.8) is 0 Å². The summed E-state index contributed by atoms with van der Waals surface area (Å²) in [5.74, 6) is -0.950. The van der Waals surface area contributed by atoms with Gasteiger partial charge < -0.3 is 15.0 Å². The molecule has 1 saturated heterocycles. The first-order valence-corrected chi connectivity index (χ1v) is 7.84. The number of carbonyl (C=O) groups excluding carboxylic acids is 2. The summed E-state index contributed by atoms with van der Waals surface area (Å²) in [4.78, 5) is 29.5. The Morgan fingerprint density at radius 3 is 3.04 bits per heavy atom. The smallest absolute Gasteiger partial charge is 0.340 e. The van der Waals surface area contributed by atoms with Crippen LogP contribution in [0.3, 0.4) is 0 Å². The fourth-order valence-corrected chi connectivity index (χ4v) is 3.38. The number of rotatable bonds is 4. The normalized spacial score (nSPS) is 17.4. The lowest BCUT2D eigenvalue weighted by molar-refractivity contribution is -0.117. The van der Waals surface area contributed by atoms with Gasteiger partial charge in [0.15, 0.2) is 0 Å². The molecule has 3 rings (SSSR count). The first-order valence-electron chi connectivity index (χ1n) is 6.96. The van der Waals surface area contributed by atoms with Crippen molar-refractivity contribution in [2.75, 3.05) is 23.9 Å². The highest BCUT2D eigenvalue weighted by molar-refractivity contribution is 7.14. The molecule has 8 heteroatoms. The second-order valence-electron chi connectivity index (χ2n) is 4.95. The van der Waals surface area contributed by atoms with Crippen LogP contribution in [0.15, 0.2) is 29.6 Å². The maximum Gasteiger partial charge on any atom is 0.340 e. The Labute approximate surface area is 135 Å². The molecule has 1 aliphatic rings. The van der Waals surface area contributed by atoms with E-state index in [1.807, 2.05) is 0 Å². The Bertz CT molecular complexity index is 749. The van der Waals surface area contributed by atoms with Gasteiger partial charge in [-0.05, 0) is 30.0 Å². The van der Waals surface area contributed by atoms with Gasteiger partial charge in [0.2, 0.25) is 11.9 Å². The summed E-state index contributed by atoms with van der Waals surface area (Å²) in [5, 5.41) is 5.24. The fourth-order valence-electron chi connectivity index (χ4n) is 2.46. The second-order valence-corrected chi connectivity index (χ2v) is 5.85. The van der Waals surface area contributed by atoms with Gasteiger partial charge in [0.05, 0.1) is 12.7 Å². The quantitative estimate of drug-likeness (QED) is 0.686. The molecule has 23 heavy (non-hydrogen) atoms. The van der Waals surface area contributed by atoms with Gasteiger partial charge >= 0.3 is 5.97 Å². The van der Waals surface area contributed by atoms with Gasteiger partial charge in [-0.3, -0.25) is 4.79 Å². The molecular weight excluding hydrogens is 321 g/mol. The second kappa shape index (κ2) is 6.33. The molecule has 6 nitrogen and oxygen atoms in total. The molecule has 1 amide bonds. The molecule has 1 fully saturated rings. The average Bonchev–Trinajstić information content (AvgIpc) is 3.14. The van der Waals surface area contributed by atoms with Crippen LogP contribution in [0.2, 0.25) is 0 Å². The number of pyridine rings is 1. The summed E-state index contributed by atoms with van der Waals surface area (Å²) in [7, 11) is 1.30. The van der Waals surface area contributed by atoms with Crippen LogP contribution in [0, 0.1) is 5.95 Å². The van der Waals surface area contributed by atoms with Crippen LogP contribution >= 0.6 is 11.3 Å². The maximum absolute atomic E-state index is 13.1. The molecule has 0 aliphatic carbocycles. The zero-order chi connectivity index (χ0) is 16.4. The lowest BCUT2D eigenvalue weighted by atomic mass is 10.2. The monoisotopic (exact) mass is 335 g/mol. The summed E-state index contributed by atoms with van der Waals surface area (Å²) in [6.07, 6.45) is 0.537. The number of esters is 1. The Balaban J connectivity index is 1.77. The standard InChI is InChI=1S/C15H14FN3O3S/c1-22-15(21)9-6-8-23-14(9)19-7-5-10(13(19)20)17-12-4-2-3-11(16)18-12/h2-4,6,8,10H,5,7H2,1H3,(H,17,18). The zero-order valence-corrected chi connectivity index (χ0v) is 13.1. The lowest BCUT2D eigenvalue weighted by Crippen LogP contribution is -2.34. The number of carbonyl (C=O) groups is 2. The van der Waals surface area contributed by atoms with Crippen molar-refractivity contribution in [3.8, 4) is 0 Å². The van der Waals surface area contributed by atoms with Gasteiger partial charge in [-0.1, -0.05) is 6.07 Å². The van der Waals surface area contributed by atoms with Crippen LogP contribution in [0.25, 0.3) is 0 Å². The minimum Gasteiger partial charge on any atom is -0.465 e. The maximum atomic E-state index is 13.1. The highest BCUT2D eigenvalue weighted by Gasteiger charge is 2.35. The van der Waals surface area contributed by atoms with Gasteiger partial charge in [-0.2, -0.15) is 4.39 Å². The summed E-state index contributed by atoms with van der Waals surface area (Å²) >= 11 is 1.31. The minimum atomic E-state index is -0.608. The van der Waals surface area contributed by atoms with E-state index in [0.717, 1.165) is 0 Å². The number of halogens is 1. The van der Waals surface area contributed by atoms with Gasteiger partial charge in [0, 0.05) is 6.54 Å². The van der Waals surface area contributed by atoms with E-state index in [1.54, 1.807) is 22.4 Å². The van der Waals surface area contributed by atoms with Crippen molar-refractivity contribution < 1.29 is 18.7 Å². The number of methoxy groups -OCH3 is 1. The number of hydrogen-bond donors (Lipinski definition) is 1. The van der Waals surface area contributed by atoms with Crippen molar-refractivity contribution in [2.24, 2.45) is 0 Å². The van der Waals surface area contributed by atoms with E-state index in [0.29, 0.717) is 29.3 Å². The number of amides is 1. The average molecular weight is 335 g/mol. The highest BCUT2D eigenvalue weighted by Crippen LogP contribution is 2.32. The first kappa shape index (κ1) is 15.4. The number of thiophene rings is 1. The number of nitrogens with one attached hydrogen (secondary N) is 1. The summed E-state index contributed by atoms with van der Waals surface area (Å²) in [5.41, 5.74) is 0.371. The Morgan fingerprint density at radius 2 is 2.30 bits per heavy atom. The first-order chi connectivity index (χ1) is 11.1. The van der Waals surface area contributed by atoms with Crippen molar-refractivity contribution >= 4 is 34.0 Å². The molecule has 3 heterocycles. The molecule has 1 atom stereocenters. The van der Waals surface area contributed by atoms with Crippen LogP contribution in [0.1, 0.15) is 16.8 Å². The van der Waals surface area contributed by atoms with Crippen molar-refractivity contribution in [1.82, 2.24) is 4.98 Å².